The van der Waals surface area contributed by atoms with Crippen LogP contribution in [0.1, 0.15) is 22.3 Å². The molecule has 0 aliphatic rings. The van der Waals surface area contributed by atoms with Crippen LogP contribution in [0.4, 0.5) is 26.3 Å². The van der Waals surface area contributed by atoms with Gasteiger partial charge >= 0.3 is 18.3 Å². The quantitative estimate of drug-likeness (QED) is 0.530. The van der Waals surface area contributed by atoms with Crippen molar-refractivity contribution in [3.63, 3.8) is 0 Å². The summed E-state index contributed by atoms with van der Waals surface area (Å²) in [5.74, 6) is -0.303. The first-order valence-corrected chi connectivity index (χ1v) is 7.56. The Balaban J connectivity index is 2.22. The van der Waals surface area contributed by atoms with E-state index in [2.05, 4.69) is 4.74 Å². The zero-order valence-corrected chi connectivity index (χ0v) is 13.9. The first-order valence-electron chi connectivity index (χ1n) is 7.56. The van der Waals surface area contributed by atoms with Crippen LogP contribution in [0, 0.1) is 0 Å². The van der Waals surface area contributed by atoms with Crippen LogP contribution in [-0.4, -0.2) is 13.1 Å². The van der Waals surface area contributed by atoms with Gasteiger partial charge in [-0.15, -0.1) is 0 Å². The van der Waals surface area contributed by atoms with Gasteiger partial charge in [0, 0.05) is 0 Å². The van der Waals surface area contributed by atoms with Gasteiger partial charge in [0.05, 0.1) is 24.7 Å². The van der Waals surface area contributed by atoms with Crippen molar-refractivity contribution in [2.24, 2.45) is 0 Å². The van der Waals surface area contributed by atoms with E-state index >= 15 is 0 Å². The monoisotopic (exact) mass is 392 g/mol. The average molecular weight is 392 g/mol. The number of alkyl halides is 6. The molecule has 0 saturated carbocycles. The summed E-state index contributed by atoms with van der Waals surface area (Å²) in [4.78, 5) is 11.3. The van der Waals surface area contributed by atoms with E-state index in [-0.39, 0.29) is 23.8 Å². The molecule has 0 aromatic heterocycles. The lowest BCUT2D eigenvalue weighted by Gasteiger charge is -2.15. The van der Waals surface area contributed by atoms with Crippen molar-refractivity contribution in [1.29, 1.82) is 0 Å². The van der Waals surface area contributed by atoms with Crippen LogP contribution in [0.25, 0.3) is 0 Å². The van der Waals surface area contributed by atoms with E-state index in [1.54, 1.807) is 12.1 Å². The van der Waals surface area contributed by atoms with E-state index in [0.717, 1.165) is 0 Å². The second kappa shape index (κ2) is 7.89. The molecule has 0 fully saturated rings. The van der Waals surface area contributed by atoms with Crippen LogP contribution in [0.3, 0.4) is 0 Å². The van der Waals surface area contributed by atoms with Gasteiger partial charge < -0.3 is 9.47 Å². The van der Waals surface area contributed by atoms with E-state index in [1.807, 2.05) is 0 Å². The molecule has 2 rings (SSSR count). The lowest BCUT2D eigenvalue weighted by atomic mass is 10.1. The summed E-state index contributed by atoms with van der Waals surface area (Å²) in [6, 6.07) is 7.34. The van der Waals surface area contributed by atoms with Gasteiger partial charge in [0.1, 0.15) is 12.4 Å². The molecule has 0 radical (unpaired) electrons. The Morgan fingerprint density at radius 1 is 0.889 bits per heavy atom. The van der Waals surface area contributed by atoms with Crippen molar-refractivity contribution >= 4 is 5.97 Å². The van der Waals surface area contributed by atoms with Gasteiger partial charge in [0.25, 0.3) is 0 Å². The van der Waals surface area contributed by atoms with Crippen molar-refractivity contribution in [3.8, 4) is 5.75 Å². The molecule has 2 aromatic rings. The van der Waals surface area contributed by atoms with Crippen molar-refractivity contribution in [1.82, 2.24) is 0 Å². The highest BCUT2D eigenvalue weighted by Crippen LogP contribution is 2.36. The molecule has 0 spiro atoms. The molecule has 146 valence electrons. The van der Waals surface area contributed by atoms with Crippen LogP contribution in [-0.2, 0) is 34.9 Å². The number of carbonyl (C=O) groups excluding carboxylic acids is 1. The third-order valence-electron chi connectivity index (χ3n) is 3.53. The van der Waals surface area contributed by atoms with Crippen molar-refractivity contribution < 1.29 is 40.6 Å². The van der Waals surface area contributed by atoms with E-state index < -0.39 is 36.1 Å². The molecule has 0 aliphatic heterocycles. The second-order valence-electron chi connectivity index (χ2n) is 5.60. The number of hydrogen-bond donors (Lipinski definition) is 0. The minimum absolute atomic E-state index is 0.0462. The Morgan fingerprint density at radius 3 is 2.00 bits per heavy atom. The zero-order chi connectivity index (χ0) is 20.2. The number of methoxy groups -OCH3 is 1. The van der Waals surface area contributed by atoms with Gasteiger partial charge in [-0.05, 0) is 41.5 Å². The van der Waals surface area contributed by atoms with Gasteiger partial charge in [0.15, 0.2) is 0 Å². The number of carbonyl (C=O) groups is 1. The van der Waals surface area contributed by atoms with E-state index in [0.29, 0.717) is 17.7 Å². The summed E-state index contributed by atoms with van der Waals surface area (Å²) >= 11 is 0. The molecule has 2 aromatic carbocycles. The highest BCUT2D eigenvalue weighted by atomic mass is 19.4. The Labute approximate surface area is 150 Å². The molecule has 0 atom stereocenters. The number of ether oxygens (including phenoxy) is 2. The third kappa shape index (κ3) is 5.90. The molecule has 0 N–H and O–H groups in total. The van der Waals surface area contributed by atoms with Gasteiger partial charge in [-0.2, -0.15) is 26.3 Å². The van der Waals surface area contributed by atoms with Crippen LogP contribution in [0.5, 0.6) is 5.75 Å². The minimum atomic E-state index is -4.92. The molecule has 0 bridgehead atoms. The van der Waals surface area contributed by atoms with Gasteiger partial charge in [-0.25, -0.2) is 0 Å². The first-order chi connectivity index (χ1) is 12.5. The second-order valence-corrected chi connectivity index (χ2v) is 5.60. The van der Waals surface area contributed by atoms with Crippen molar-refractivity contribution in [3.05, 3.63) is 64.7 Å². The molecule has 0 aliphatic carbocycles. The SMILES string of the molecule is COC(=O)Cc1cccc(OCc2cc(C(F)(F)F)cc(C(F)(F)F)c2)c1. The molecule has 0 unspecified atom stereocenters. The summed E-state index contributed by atoms with van der Waals surface area (Å²) in [6.07, 6.45) is -9.89. The number of rotatable bonds is 5. The smallest absolute Gasteiger partial charge is 0.416 e. The lowest BCUT2D eigenvalue weighted by Crippen LogP contribution is -2.12. The predicted molar refractivity (Wildman–Crippen MR) is 82.9 cm³/mol. The highest BCUT2D eigenvalue weighted by molar-refractivity contribution is 5.72. The molecule has 3 nitrogen and oxygen atoms in total. The number of esters is 1. The van der Waals surface area contributed by atoms with Gasteiger partial charge in [-0.1, -0.05) is 12.1 Å². The summed E-state index contributed by atoms with van der Waals surface area (Å²) in [6.45, 7) is -0.505. The molecule has 0 saturated heterocycles. The normalized spacial score (nSPS) is 12.0. The van der Waals surface area contributed by atoms with Crippen molar-refractivity contribution in [2.45, 2.75) is 25.4 Å². The van der Waals surface area contributed by atoms with Crippen LogP contribution in [0.15, 0.2) is 42.5 Å². The van der Waals surface area contributed by atoms with E-state index in [9.17, 15) is 31.1 Å². The molecule has 0 amide bonds. The molecule has 9 heteroatoms. The Hall–Kier alpha value is -2.71. The van der Waals surface area contributed by atoms with Crippen LogP contribution in [0.2, 0.25) is 0 Å². The highest BCUT2D eigenvalue weighted by Gasteiger charge is 2.36. The zero-order valence-electron chi connectivity index (χ0n) is 13.9. The minimum Gasteiger partial charge on any atom is -0.489 e. The predicted octanol–water partition coefficient (Wildman–Crippen LogP) is 5.02. The fraction of sp³-hybridized carbons (Fsp3) is 0.278. The fourth-order valence-electron chi connectivity index (χ4n) is 2.25. The average Bonchev–Trinajstić information content (AvgIpc) is 2.58. The third-order valence-corrected chi connectivity index (χ3v) is 3.53. The van der Waals surface area contributed by atoms with Gasteiger partial charge in [0.2, 0.25) is 0 Å². The Bertz CT molecular complexity index is 779. The fourth-order valence-corrected chi connectivity index (χ4v) is 2.25. The maximum absolute atomic E-state index is 12.9. The Morgan fingerprint density at radius 2 is 1.48 bits per heavy atom. The molecular weight excluding hydrogens is 378 g/mol. The number of benzene rings is 2. The molecular formula is C18H14F6O3. The molecule has 27 heavy (non-hydrogen) atoms. The largest absolute Gasteiger partial charge is 0.489 e. The van der Waals surface area contributed by atoms with Gasteiger partial charge in [-0.3, -0.25) is 4.79 Å². The van der Waals surface area contributed by atoms with E-state index in [4.69, 9.17) is 4.74 Å². The maximum Gasteiger partial charge on any atom is 0.416 e. The summed E-state index contributed by atoms with van der Waals surface area (Å²) < 4.78 is 86.9. The summed E-state index contributed by atoms with van der Waals surface area (Å²) in [5, 5.41) is 0. The van der Waals surface area contributed by atoms with Crippen molar-refractivity contribution in [2.75, 3.05) is 7.11 Å². The topological polar surface area (TPSA) is 35.5 Å². The summed E-state index contributed by atoms with van der Waals surface area (Å²) in [5.41, 5.74) is -2.57. The van der Waals surface area contributed by atoms with E-state index in [1.165, 1.54) is 19.2 Å². The van der Waals surface area contributed by atoms with Crippen LogP contribution >= 0.6 is 0 Å². The first kappa shape index (κ1) is 20.6. The maximum atomic E-state index is 12.9. The van der Waals surface area contributed by atoms with Crippen LogP contribution < -0.4 is 4.74 Å². The lowest BCUT2D eigenvalue weighted by molar-refractivity contribution is -0.143. The Kier molecular flexibility index (Phi) is 6.02. The number of halogens is 6. The summed E-state index contributed by atoms with van der Waals surface area (Å²) in [7, 11) is 1.22. The number of hydrogen-bond acceptors (Lipinski definition) is 3. The standard InChI is InChI=1S/C18H14F6O3/c1-26-16(25)8-11-3-2-4-15(7-11)27-10-12-5-13(17(19,20)21)9-14(6-12)18(22,23)24/h2-7,9H,8,10H2,1H3. The molecule has 0 heterocycles.